The second-order valence-electron chi connectivity index (χ2n) is 4.29. The van der Waals surface area contributed by atoms with Crippen LogP contribution >= 0.6 is 0 Å². The number of hydrogen-bond acceptors (Lipinski definition) is 4. The minimum absolute atomic E-state index is 0.181. The zero-order chi connectivity index (χ0) is 14.5. The minimum atomic E-state index is -0.181. The van der Waals surface area contributed by atoms with Crippen molar-refractivity contribution in [3.63, 3.8) is 0 Å². The van der Waals surface area contributed by atoms with Gasteiger partial charge in [0, 0.05) is 19.2 Å². The lowest BCUT2D eigenvalue weighted by Crippen LogP contribution is -2.26. The Balaban J connectivity index is 2.19. The van der Waals surface area contributed by atoms with E-state index in [0.29, 0.717) is 23.8 Å². The molecule has 2 aromatic rings. The van der Waals surface area contributed by atoms with Crippen LogP contribution in [0.3, 0.4) is 0 Å². The number of rotatable bonds is 5. The van der Waals surface area contributed by atoms with E-state index >= 15 is 0 Å². The molecule has 0 N–H and O–H groups in total. The molecule has 5 heteroatoms. The number of ether oxygens (including phenoxy) is 2. The Morgan fingerprint density at radius 2 is 2.00 bits per heavy atom. The largest absolute Gasteiger partial charge is 0.493 e. The van der Waals surface area contributed by atoms with Crippen molar-refractivity contribution < 1.29 is 18.7 Å². The molecule has 0 atom stereocenters. The lowest BCUT2D eigenvalue weighted by molar-refractivity contribution is 0.0752. The topological polar surface area (TPSA) is 51.9 Å². The molecular weight excluding hydrogens is 258 g/mol. The number of carbonyl (C=O) groups excluding carboxylic acids is 1. The van der Waals surface area contributed by atoms with Gasteiger partial charge in [0.15, 0.2) is 17.3 Å². The van der Waals surface area contributed by atoms with Crippen molar-refractivity contribution in [2.45, 2.75) is 6.54 Å². The highest BCUT2D eigenvalue weighted by molar-refractivity contribution is 5.91. The van der Waals surface area contributed by atoms with E-state index in [4.69, 9.17) is 13.9 Å². The van der Waals surface area contributed by atoms with Crippen LogP contribution in [0.15, 0.2) is 41.0 Å². The van der Waals surface area contributed by atoms with Crippen molar-refractivity contribution in [3.05, 3.63) is 47.9 Å². The number of para-hydroxylation sites is 1. The molecule has 0 fully saturated rings. The first-order valence-electron chi connectivity index (χ1n) is 6.16. The summed E-state index contributed by atoms with van der Waals surface area (Å²) in [5.41, 5.74) is 0.870. The average molecular weight is 275 g/mol. The van der Waals surface area contributed by atoms with Crippen LogP contribution in [-0.2, 0) is 6.54 Å². The molecule has 20 heavy (non-hydrogen) atoms. The molecule has 106 valence electrons. The van der Waals surface area contributed by atoms with Gasteiger partial charge in [0.2, 0.25) is 0 Å². The summed E-state index contributed by atoms with van der Waals surface area (Å²) in [4.78, 5) is 13.7. The Morgan fingerprint density at radius 1 is 1.20 bits per heavy atom. The van der Waals surface area contributed by atoms with Crippen LogP contribution in [0.2, 0.25) is 0 Å². The van der Waals surface area contributed by atoms with E-state index in [1.54, 1.807) is 38.3 Å². The van der Waals surface area contributed by atoms with E-state index in [1.165, 1.54) is 6.26 Å². The van der Waals surface area contributed by atoms with Crippen molar-refractivity contribution in [1.29, 1.82) is 0 Å². The van der Waals surface area contributed by atoms with Crippen LogP contribution in [0.25, 0.3) is 0 Å². The summed E-state index contributed by atoms with van der Waals surface area (Å²) in [6.07, 6.45) is 1.48. The SMILES string of the molecule is COc1cccc(CN(C)C(=O)c2ccco2)c1OC. The third kappa shape index (κ3) is 2.77. The van der Waals surface area contributed by atoms with Crippen molar-refractivity contribution in [2.24, 2.45) is 0 Å². The van der Waals surface area contributed by atoms with Crippen molar-refractivity contribution >= 4 is 5.91 Å². The van der Waals surface area contributed by atoms with Gasteiger partial charge in [0.1, 0.15) is 0 Å². The Bertz CT molecular complexity index is 578. The zero-order valence-corrected chi connectivity index (χ0v) is 11.8. The first-order chi connectivity index (χ1) is 9.67. The number of furan rings is 1. The molecule has 0 aliphatic carbocycles. The van der Waals surface area contributed by atoms with Gasteiger partial charge in [-0.2, -0.15) is 0 Å². The van der Waals surface area contributed by atoms with Gasteiger partial charge in [-0.25, -0.2) is 0 Å². The zero-order valence-electron chi connectivity index (χ0n) is 11.8. The molecule has 0 spiro atoms. The van der Waals surface area contributed by atoms with Crippen molar-refractivity contribution in [3.8, 4) is 11.5 Å². The smallest absolute Gasteiger partial charge is 0.289 e. The average Bonchev–Trinajstić information content (AvgIpc) is 3.00. The fourth-order valence-electron chi connectivity index (χ4n) is 1.99. The lowest BCUT2D eigenvalue weighted by atomic mass is 10.1. The van der Waals surface area contributed by atoms with E-state index in [9.17, 15) is 4.79 Å². The molecule has 5 nitrogen and oxygen atoms in total. The molecule has 0 saturated heterocycles. The number of hydrogen-bond donors (Lipinski definition) is 0. The van der Waals surface area contributed by atoms with Crippen LogP contribution in [0.5, 0.6) is 11.5 Å². The quantitative estimate of drug-likeness (QED) is 0.841. The standard InChI is InChI=1S/C15H17NO4/c1-16(15(17)13-8-5-9-20-13)10-11-6-4-7-12(18-2)14(11)19-3/h4-9H,10H2,1-3H3. The van der Waals surface area contributed by atoms with Gasteiger partial charge in [-0.1, -0.05) is 12.1 Å². The Labute approximate surface area is 117 Å². The summed E-state index contributed by atoms with van der Waals surface area (Å²) in [5, 5.41) is 0. The second kappa shape index (κ2) is 6.14. The van der Waals surface area contributed by atoms with Crippen LogP contribution in [-0.4, -0.2) is 32.1 Å². The molecular formula is C15H17NO4. The van der Waals surface area contributed by atoms with Crippen molar-refractivity contribution in [2.75, 3.05) is 21.3 Å². The van der Waals surface area contributed by atoms with E-state index in [2.05, 4.69) is 0 Å². The van der Waals surface area contributed by atoms with E-state index in [0.717, 1.165) is 5.56 Å². The van der Waals surface area contributed by atoms with E-state index < -0.39 is 0 Å². The normalized spacial score (nSPS) is 10.2. The first kappa shape index (κ1) is 14.0. The molecule has 1 aromatic carbocycles. The summed E-state index contributed by atoms with van der Waals surface area (Å²) in [7, 11) is 4.87. The number of benzene rings is 1. The Hall–Kier alpha value is -2.43. The molecule has 0 saturated carbocycles. The molecule has 2 rings (SSSR count). The van der Waals surface area contributed by atoms with E-state index in [-0.39, 0.29) is 5.91 Å². The van der Waals surface area contributed by atoms with Crippen LogP contribution in [0.4, 0.5) is 0 Å². The van der Waals surface area contributed by atoms with Crippen LogP contribution in [0.1, 0.15) is 16.1 Å². The van der Waals surface area contributed by atoms with Gasteiger partial charge in [-0.15, -0.1) is 0 Å². The molecule has 1 amide bonds. The molecule has 0 unspecified atom stereocenters. The van der Waals surface area contributed by atoms with Gasteiger partial charge in [0.05, 0.1) is 20.5 Å². The molecule has 0 aliphatic rings. The monoisotopic (exact) mass is 275 g/mol. The van der Waals surface area contributed by atoms with Gasteiger partial charge in [-0.3, -0.25) is 4.79 Å². The van der Waals surface area contributed by atoms with Gasteiger partial charge >= 0.3 is 0 Å². The summed E-state index contributed by atoms with van der Waals surface area (Å²) in [6, 6.07) is 8.90. The summed E-state index contributed by atoms with van der Waals surface area (Å²) in [6.45, 7) is 0.403. The maximum absolute atomic E-state index is 12.1. The third-order valence-corrected chi connectivity index (χ3v) is 2.97. The maximum Gasteiger partial charge on any atom is 0.289 e. The third-order valence-electron chi connectivity index (χ3n) is 2.97. The predicted octanol–water partition coefficient (Wildman–Crippen LogP) is 2.57. The van der Waals surface area contributed by atoms with Gasteiger partial charge in [-0.05, 0) is 18.2 Å². The second-order valence-corrected chi connectivity index (χ2v) is 4.29. The number of carbonyl (C=O) groups is 1. The van der Waals surface area contributed by atoms with Gasteiger partial charge in [0.25, 0.3) is 5.91 Å². The highest BCUT2D eigenvalue weighted by atomic mass is 16.5. The summed E-state index contributed by atoms with van der Waals surface area (Å²) < 4.78 is 15.7. The fourth-order valence-corrected chi connectivity index (χ4v) is 1.99. The molecule has 0 bridgehead atoms. The Morgan fingerprint density at radius 3 is 2.60 bits per heavy atom. The summed E-state index contributed by atoms with van der Waals surface area (Å²) in [5.74, 6) is 1.41. The van der Waals surface area contributed by atoms with Crippen LogP contribution < -0.4 is 9.47 Å². The first-order valence-corrected chi connectivity index (χ1v) is 6.16. The molecule has 1 heterocycles. The molecule has 0 radical (unpaired) electrons. The maximum atomic E-state index is 12.1. The number of methoxy groups -OCH3 is 2. The van der Waals surface area contributed by atoms with Gasteiger partial charge < -0.3 is 18.8 Å². The number of nitrogens with zero attached hydrogens (tertiary/aromatic N) is 1. The lowest BCUT2D eigenvalue weighted by Gasteiger charge is -2.19. The Kier molecular flexibility index (Phi) is 4.30. The highest BCUT2D eigenvalue weighted by Crippen LogP contribution is 2.31. The minimum Gasteiger partial charge on any atom is -0.493 e. The molecule has 0 aliphatic heterocycles. The van der Waals surface area contributed by atoms with Crippen molar-refractivity contribution in [1.82, 2.24) is 4.90 Å². The fraction of sp³-hybridized carbons (Fsp3) is 0.267. The predicted molar refractivity (Wildman–Crippen MR) is 74.1 cm³/mol. The summed E-state index contributed by atoms with van der Waals surface area (Å²) >= 11 is 0. The number of amides is 1. The highest BCUT2D eigenvalue weighted by Gasteiger charge is 2.17. The van der Waals surface area contributed by atoms with Crippen LogP contribution in [0, 0.1) is 0 Å². The molecule has 1 aromatic heterocycles. The van der Waals surface area contributed by atoms with E-state index in [1.807, 2.05) is 18.2 Å².